The first-order chi connectivity index (χ1) is 13.8. The number of nitrogens with one attached hydrogen (secondary N) is 1. The van der Waals surface area contributed by atoms with Gasteiger partial charge in [-0.1, -0.05) is 30.3 Å². The fraction of sp³-hybridized carbons (Fsp3) is 0.318. The molecule has 154 valence electrons. The highest BCUT2D eigenvalue weighted by Crippen LogP contribution is 2.13. The standard InChI is InChI=1S/C22H26N2O4S/c1-22(2,3)28-21(26)14-27-19-11-9-17(10-12-19)13-23-24-20(25)16-29-15-18-7-5-4-6-8-18/h4-13H,14-16H2,1-3H3,(H,24,25)/b23-13-. The van der Waals surface area contributed by atoms with E-state index in [0.717, 1.165) is 11.3 Å². The molecule has 6 nitrogen and oxygen atoms in total. The van der Waals surface area contributed by atoms with Gasteiger partial charge in [0, 0.05) is 5.75 Å². The molecular weight excluding hydrogens is 388 g/mol. The number of thioether (sulfide) groups is 1. The second-order valence-corrected chi connectivity index (χ2v) is 8.20. The molecule has 0 spiro atoms. The quantitative estimate of drug-likeness (QED) is 0.384. The highest BCUT2D eigenvalue weighted by atomic mass is 32.2. The topological polar surface area (TPSA) is 77.0 Å². The van der Waals surface area contributed by atoms with Gasteiger partial charge in [0.15, 0.2) is 6.61 Å². The molecule has 0 heterocycles. The normalized spacial score (nSPS) is 11.3. The lowest BCUT2D eigenvalue weighted by Crippen LogP contribution is -2.27. The highest BCUT2D eigenvalue weighted by molar-refractivity contribution is 7.99. The number of carbonyl (C=O) groups excluding carboxylic acids is 2. The molecule has 0 atom stereocenters. The van der Waals surface area contributed by atoms with Crippen molar-refractivity contribution >= 4 is 29.9 Å². The number of carbonyl (C=O) groups is 2. The van der Waals surface area contributed by atoms with Gasteiger partial charge in [-0.3, -0.25) is 4.79 Å². The minimum absolute atomic E-state index is 0.151. The van der Waals surface area contributed by atoms with Crippen molar-refractivity contribution in [2.75, 3.05) is 12.4 Å². The van der Waals surface area contributed by atoms with E-state index >= 15 is 0 Å². The van der Waals surface area contributed by atoms with Crippen molar-refractivity contribution in [3.8, 4) is 5.75 Å². The number of ether oxygens (including phenoxy) is 2. The molecule has 7 heteroatoms. The molecular formula is C22H26N2O4S. The molecule has 0 saturated carbocycles. The van der Waals surface area contributed by atoms with Crippen molar-refractivity contribution < 1.29 is 19.1 Å². The van der Waals surface area contributed by atoms with Gasteiger partial charge in [-0.2, -0.15) is 5.10 Å². The molecule has 0 aromatic heterocycles. The Morgan fingerprint density at radius 3 is 2.41 bits per heavy atom. The van der Waals surface area contributed by atoms with Gasteiger partial charge in [-0.25, -0.2) is 10.2 Å². The van der Waals surface area contributed by atoms with E-state index in [1.165, 1.54) is 17.3 Å². The van der Waals surface area contributed by atoms with Crippen LogP contribution >= 0.6 is 11.8 Å². The maximum atomic E-state index is 11.8. The van der Waals surface area contributed by atoms with Crippen LogP contribution in [0, 0.1) is 0 Å². The van der Waals surface area contributed by atoms with Gasteiger partial charge in [0.1, 0.15) is 11.4 Å². The van der Waals surface area contributed by atoms with Crippen molar-refractivity contribution in [2.45, 2.75) is 32.1 Å². The predicted octanol–water partition coefficient (Wildman–Crippen LogP) is 3.79. The molecule has 2 rings (SSSR count). The molecule has 2 aromatic carbocycles. The van der Waals surface area contributed by atoms with Gasteiger partial charge in [-0.15, -0.1) is 11.8 Å². The third-order valence-electron chi connectivity index (χ3n) is 3.40. The monoisotopic (exact) mass is 414 g/mol. The Bertz CT molecular complexity index is 815. The number of nitrogens with zero attached hydrogens (tertiary/aromatic N) is 1. The molecule has 0 unspecified atom stereocenters. The van der Waals surface area contributed by atoms with Gasteiger partial charge in [-0.05, 0) is 56.2 Å². The minimum Gasteiger partial charge on any atom is -0.482 e. The fourth-order valence-electron chi connectivity index (χ4n) is 2.21. The molecule has 0 radical (unpaired) electrons. The molecule has 0 saturated heterocycles. The van der Waals surface area contributed by atoms with Crippen LogP contribution in [-0.4, -0.2) is 36.1 Å². The summed E-state index contributed by atoms with van der Waals surface area (Å²) in [5, 5.41) is 3.96. The van der Waals surface area contributed by atoms with Crippen LogP contribution in [0.2, 0.25) is 0 Å². The number of hydrogen-bond donors (Lipinski definition) is 1. The van der Waals surface area contributed by atoms with Crippen LogP contribution < -0.4 is 10.2 Å². The fourth-order valence-corrected chi connectivity index (χ4v) is 2.99. The second-order valence-electron chi connectivity index (χ2n) is 7.22. The van der Waals surface area contributed by atoms with Crippen LogP contribution in [0.15, 0.2) is 59.7 Å². The summed E-state index contributed by atoms with van der Waals surface area (Å²) in [6, 6.07) is 17.0. The Labute approximate surface area is 175 Å². The lowest BCUT2D eigenvalue weighted by molar-refractivity contribution is -0.157. The van der Waals surface area contributed by atoms with Crippen LogP contribution in [0.5, 0.6) is 5.75 Å². The summed E-state index contributed by atoms with van der Waals surface area (Å²) in [6.07, 6.45) is 1.55. The largest absolute Gasteiger partial charge is 0.482 e. The maximum Gasteiger partial charge on any atom is 0.344 e. The van der Waals surface area contributed by atoms with Crippen LogP contribution in [-0.2, 0) is 20.1 Å². The second kappa shape index (κ2) is 11.3. The Hall–Kier alpha value is -2.80. The number of esters is 1. The van der Waals surface area contributed by atoms with Crippen LogP contribution in [0.25, 0.3) is 0 Å². The number of hydrazone groups is 1. The molecule has 1 amide bonds. The Morgan fingerprint density at radius 1 is 1.07 bits per heavy atom. The molecule has 29 heavy (non-hydrogen) atoms. The van der Waals surface area contributed by atoms with E-state index in [0.29, 0.717) is 11.5 Å². The van der Waals surface area contributed by atoms with Gasteiger partial charge in [0.25, 0.3) is 0 Å². The summed E-state index contributed by atoms with van der Waals surface area (Å²) in [7, 11) is 0. The Kier molecular flexibility index (Phi) is 8.73. The van der Waals surface area contributed by atoms with E-state index in [2.05, 4.69) is 10.5 Å². The van der Waals surface area contributed by atoms with Gasteiger partial charge < -0.3 is 9.47 Å². The summed E-state index contributed by atoms with van der Waals surface area (Å²) in [5.74, 6) is 1.09. The summed E-state index contributed by atoms with van der Waals surface area (Å²) in [6.45, 7) is 5.26. The average molecular weight is 415 g/mol. The lowest BCUT2D eigenvalue weighted by Gasteiger charge is -2.19. The SMILES string of the molecule is CC(C)(C)OC(=O)COc1ccc(/C=N\NC(=O)CSCc2ccccc2)cc1. The Balaban J connectivity index is 1.68. The van der Waals surface area contributed by atoms with Crippen LogP contribution in [0.3, 0.4) is 0 Å². The lowest BCUT2D eigenvalue weighted by atomic mass is 10.2. The summed E-state index contributed by atoms with van der Waals surface area (Å²) >= 11 is 1.53. The predicted molar refractivity (Wildman–Crippen MR) is 116 cm³/mol. The van der Waals surface area contributed by atoms with Crippen molar-refractivity contribution in [3.05, 3.63) is 65.7 Å². The number of amides is 1. The van der Waals surface area contributed by atoms with E-state index in [1.807, 2.05) is 30.3 Å². The first-order valence-corrected chi connectivity index (χ1v) is 10.4. The molecule has 0 aliphatic heterocycles. The van der Waals surface area contributed by atoms with Crippen molar-refractivity contribution in [1.29, 1.82) is 0 Å². The van der Waals surface area contributed by atoms with Crippen molar-refractivity contribution in [2.24, 2.45) is 5.10 Å². The number of rotatable bonds is 9. The zero-order chi connectivity index (χ0) is 21.1. The zero-order valence-corrected chi connectivity index (χ0v) is 17.7. The van der Waals surface area contributed by atoms with Gasteiger partial charge in [0.05, 0.1) is 12.0 Å². The van der Waals surface area contributed by atoms with E-state index < -0.39 is 11.6 Å². The van der Waals surface area contributed by atoms with Crippen LogP contribution in [0.1, 0.15) is 31.9 Å². The maximum absolute atomic E-state index is 11.8. The van der Waals surface area contributed by atoms with Crippen molar-refractivity contribution in [1.82, 2.24) is 5.43 Å². The van der Waals surface area contributed by atoms with E-state index in [-0.39, 0.29) is 12.5 Å². The van der Waals surface area contributed by atoms with E-state index in [1.54, 1.807) is 51.3 Å². The smallest absolute Gasteiger partial charge is 0.344 e. The van der Waals surface area contributed by atoms with E-state index in [9.17, 15) is 9.59 Å². The third kappa shape index (κ3) is 9.80. The molecule has 0 aliphatic rings. The molecule has 0 bridgehead atoms. The number of hydrogen-bond acceptors (Lipinski definition) is 6. The molecule has 0 fully saturated rings. The van der Waals surface area contributed by atoms with Gasteiger partial charge in [0.2, 0.25) is 5.91 Å². The van der Waals surface area contributed by atoms with Crippen molar-refractivity contribution in [3.63, 3.8) is 0 Å². The molecule has 1 N–H and O–H groups in total. The summed E-state index contributed by atoms with van der Waals surface area (Å²) in [5.41, 5.74) is 3.96. The summed E-state index contributed by atoms with van der Waals surface area (Å²) in [4.78, 5) is 23.5. The first-order valence-electron chi connectivity index (χ1n) is 9.20. The number of benzene rings is 2. The van der Waals surface area contributed by atoms with E-state index in [4.69, 9.17) is 9.47 Å². The zero-order valence-electron chi connectivity index (χ0n) is 16.9. The summed E-state index contributed by atoms with van der Waals surface area (Å²) < 4.78 is 10.6. The van der Waals surface area contributed by atoms with Crippen LogP contribution in [0.4, 0.5) is 0 Å². The van der Waals surface area contributed by atoms with Gasteiger partial charge >= 0.3 is 5.97 Å². The third-order valence-corrected chi connectivity index (χ3v) is 4.41. The molecule has 0 aliphatic carbocycles. The minimum atomic E-state index is -0.536. The first kappa shape index (κ1) is 22.5. The highest BCUT2D eigenvalue weighted by Gasteiger charge is 2.16. The Morgan fingerprint density at radius 2 is 1.76 bits per heavy atom. The molecule has 2 aromatic rings. The average Bonchev–Trinajstić information content (AvgIpc) is 2.67.